The van der Waals surface area contributed by atoms with Gasteiger partial charge in [-0.1, -0.05) is 0 Å². The molecule has 0 aliphatic rings. The number of aromatic hydroxyl groups is 1. The van der Waals surface area contributed by atoms with Crippen LogP contribution in [0.2, 0.25) is 0 Å². The van der Waals surface area contributed by atoms with Gasteiger partial charge in [0, 0.05) is 0 Å². The van der Waals surface area contributed by atoms with Crippen LogP contribution in [0.1, 0.15) is 0 Å². The third-order valence-corrected chi connectivity index (χ3v) is 4.18. The number of nitrogens with zero attached hydrogens (tertiary/aromatic N) is 2. The van der Waals surface area contributed by atoms with Crippen LogP contribution in [-0.4, -0.2) is 31.0 Å². The van der Waals surface area contributed by atoms with Crippen LogP contribution in [0.5, 0.6) is 5.75 Å². The summed E-state index contributed by atoms with van der Waals surface area (Å²) in [6.07, 6.45) is 0. The number of sulfone groups is 1. The van der Waals surface area contributed by atoms with E-state index in [-0.39, 0.29) is 4.47 Å². The minimum atomic E-state index is -5.63. The van der Waals surface area contributed by atoms with E-state index in [4.69, 9.17) is 17.2 Å². The lowest BCUT2D eigenvalue weighted by Crippen LogP contribution is -2.26. The minimum Gasteiger partial charge on any atom is -0.505 e. The second-order valence-electron chi connectivity index (χ2n) is 3.73. The highest BCUT2D eigenvalue weighted by molar-refractivity contribution is 9.10. The Kier molecular flexibility index (Phi) is 4.92. The second kappa shape index (κ2) is 6.00. The minimum absolute atomic E-state index is 0.339. The highest BCUT2D eigenvalue weighted by atomic mass is 79.9. The molecule has 0 saturated heterocycles. The molecular formula is C9H9BrF3N5O3S. The van der Waals surface area contributed by atoms with Crippen molar-refractivity contribution >= 4 is 43.4 Å². The summed E-state index contributed by atoms with van der Waals surface area (Å²) in [7, 11) is -5.63. The predicted octanol–water partition coefficient (Wildman–Crippen LogP) is 0.668. The Morgan fingerprint density at radius 1 is 1.23 bits per heavy atom. The molecule has 0 fully saturated rings. The lowest BCUT2D eigenvalue weighted by Gasteiger charge is -2.10. The van der Waals surface area contributed by atoms with Crippen molar-refractivity contribution in [2.24, 2.45) is 27.2 Å². The van der Waals surface area contributed by atoms with Gasteiger partial charge < -0.3 is 22.3 Å². The number of alkyl halides is 3. The zero-order valence-electron chi connectivity index (χ0n) is 10.5. The van der Waals surface area contributed by atoms with Crippen molar-refractivity contribution in [2.45, 2.75) is 10.4 Å². The Hall–Kier alpha value is -2.02. The molecule has 0 heterocycles. The van der Waals surface area contributed by atoms with Crippen molar-refractivity contribution in [3.8, 4) is 5.75 Å². The van der Waals surface area contributed by atoms with E-state index in [1.807, 2.05) is 0 Å². The summed E-state index contributed by atoms with van der Waals surface area (Å²) in [6, 6.07) is 1.06. The maximum atomic E-state index is 12.5. The number of phenols is 1. The third kappa shape index (κ3) is 3.79. The van der Waals surface area contributed by atoms with E-state index < -0.39 is 43.6 Å². The summed E-state index contributed by atoms with van der Waals surface area (Å²) < 4.78 is 60.0. The second-order valence-corrected chi connectivity index (χ2v) is 6.52. The van der Waals surface area contributed by atoms with Crippen molar-refractivity contribution in [3.63, 3.8) is 0 Å². The third-order valence-electron chi connectivity index (χ3n) is 2.11. The Morgan fingerprint density at radius 2 is 1.77 bits per heavy atom. The van der Waals surface area contributed by atoms with Gasteiger partial charge in [0.15, 0.2) is 11.7 Å². The quantitative estimate of drug-likeness (QED) is 0.419. The number of nitrogens with two attached hydrogens (primary N) is 3. The van der Waals surface area contributed by atoms with Gasteiger partial charge in [-0.2, -0.15) is 18.2 Å². The molecule has 1 rings (SSSR count). The molecule has 8 nitrogen and oxygen atoms in total. The molecule has 0 spiro atoms. The first-order valence-electron chi connectivity index (χ1n) is 5.14. The molecule has 22 heavy (non-hydrogen) atoms. The maximum Gasteiger partial charge on any atom is 0.501 e. The number of guanidine groups is 2. The molecule has 0 aromatic heterocycles. The van der Waals surface area contributed by atoms with E-state index >= 15 is 0 Å². The van der Waals surface area contributed by atoms with Crippen molar-refractivity contribution in [1.82, 2.24) is 0 Å². The lowest BCUT2D eigenvalue weighted by molar-refractivity contribution is -0.0436. The smallest absolute Gasteiger partial charge is 0.501 e. The molecule has 0 saturated carbocycles. The van der Waals surface area contributed by atoms with Gasteiger partial charge in [-0.05, 0) is 28.1 Å². The monoisotopic (exact) mass is 403 g/mol. The maximum absolute atomic E-state index is 12.5. The highest BCUT2D eigenvalue weighted by Crippen LogP contribution is 2.40. The first kappa shape index (κ1) is 18.0. The van der Waals surface area contributed by atoms with E-state index in [2.05, 4.69) is 25.9 Å². The van der Waals surface area contributed by atoms with Gasteiger partial charge in [0.2, 0.25) is 5.96 Å². The largest absolute Gasteiger partial charge is 0.505 e. The molecule has 13 heteroatoms. The fraction of sp³-hybridized carbons (Fsp3) is 0.111. The fourth-order valence-corrected chi connectivity index (χ4v) is 2.62. The van der Waals surface area contributed by atoms with Crippen molar-refractivity contribution in [1.29, 1.82) is 0 Å². The van der Waals surface area contributed by atoms with Crippen LogP contribution < -0.4 is 17.2 Å². The molecule has 0 radical (unpaired) electrons. The summed E-state index contributed by atoms with van der Waals surface area (Å²) in [5, 5.41) is 9.68. The van der Waals surface area contributed by atoms with Gasteiger partial charge in [-0.3, -0.25) is 0 Å². The number of benzene rings is 1. The Bertz CT molecular complexity index is 756. The average Bonchev–Trinajstić information content (AvgIpc) is 2.31. The van der Waals surface area contributed by atoms with Crippen LogP contribution in [0.4, 0.5) is 18.9 Å². The fourth-order valence-electron chi connectivity index (χ4n) is 1.22. The van der Waals surface area contributed by atoms with Crippen LogP contribution in [0.25, 0.3) is 0 Å². The molecule has 1 aromatic rings. The molecule has 122 valence electrons. The molecule has 0 amide bonds. The molecule has 0 atom stereocenters. The topological polar surface area (TPSA) is 157 Å². The molecule has 0 aliphatic carbocycles. The van der Waals surface area contributed by atoms with Gasteiger partial charge in [0.25, 0.3) is 9.84 Å². The Morgan fingerprint density at radius 3 is 2.23 bits per heavy atom. The highest BCUT2D eigenvalue weighted by Gasteiger charge is 2.47. The van der Waals surface area contributed by atoms with Crippen LogP contribution in [0.15, 0.2) is 31.5 Å². The van der Waals surface area contributed by atoms with Crippen molar-refractivity contribution in [3.05, 3.63) is 16.6 Å². The van der Waals surface area contributed by atoms with E-state index in [0.29, 0.717) is 12.1 Å². The van der Waals surface area contributed by atoms with E-state index in [0.717, 1.165) is 0 Å². The number of aliphatic imine (C=N–C) groups is 2. The summed E-state index contributed by atoms with van der Waals surface area (Å²) in [5.41, 5.74) is 9.23. The number of phenolic OH excluding ortho intramolecular Hbond substituents is 1. The first-order chi connectivity index (χ1) is 9.86. The standard InChI is InChI=1S/C9H9BrF3N5O3S/c10-4-1-3(22(20,21)9(11,12)13)2-5(6(4)19)17-8(16)18-7(14)15/h1-2,19H,(H6,14,15,16,17,18). The van der Waals surface area contributed by atoms with Crippen molar-refractivity contribution in [2.75, 3.05) is 0 Å². The van der Waals surface area contributed by atoms with Gasteiger partial charge in [-0.15, -0.1) is 0 Å². The number of rotatable bonds is 2. The van der Waals surface area contributed by atoms with Crippen molar-refractivity contribution < 1.29 is 26.7 Å². The normalized spacial score (nSPS) is 13.0. The summed E-state index contributed by atoms with van der Waals surface area (Å²) >= 11 is 2.72. The molecule has 0 aliphatic heterocycles. The van der Waals surface area contributed by atoms with E-state index in [9.17, 15) is 26.7 Å². The van der Waals surface area contributed by atoms with Gasteiger partial charge in [0.1, 0.15) is 5.69 Å². The van der Waals surface area contributed by atoms with Crippen LogP contribution >= 0.6 is 15.9 Å². The average molecular weight is 404 g/mol. The van der Waals surface area contributed by atoms with Crippen LogP contribution in [-0.2, 0) is 9.84 Å². The predicted molar refractivity (Wildman–Crippen MR) is 76.1 cm³/mol. The van der Waals surface area contributed by atoms with Gasteiger partial charge >= 0.3 is 5.51 Å². The molecule has 7 N–H and O–H groups in total. The molecule has 1 aromatic carbocycles. The van der Waals surface area contributed by atoms with Gasteiger partial charge in [-0.25, -0.2) is 13.4 Å². The number of halogens is 4. The summed E-state index contributed by atoms with van der Waals surface area (Å²) in [6.45, 7) is 0. The Labute approximate surface area is 130 Å². The van der Waals surface area contributed by atoms with E-state index in [1.165, 1.54) is 0 Å². The first-order valence-corrected chi connectivity index (χ1v) is 7.41. The Balaban J connectivity index is 3.55. The molecular weight excluding hydrogens is 395 g/mol. The zero-order valence-corrected chi connectivity index (χ0v) is 12.9. The number of hydrogen-bond donors (Lipinski definition) is 4. The van der Waals surface area contributed by atoms with E-state index in [1.54, 1.807) is 0 Å². The summed E-state index contributed by atoms with van der Waals surface area (Å²) in [5.74, 6) is -1.72. The molecule has 0 bridgehead atoms. The lowest BCUT2D eigenvalue weighted by atomic mass is 10.3. The van der Waals surface area contributed by atoms with Crippen LogP contribution in [0, 0.1) is 0 Å². The summed E-state index contributed by atoms with van der Waals surface area (Å²) in [4.78, 5) is 5.60. The zero-order chi connectivity index (χ0) is 17.3. The van der Waals surface area contributed by atoms with Gasteiger partial charge in [0.05, 0.1) is 9.37 Å². The van der Waals surface area contributed by atoms with Crippen LogP contribution in [0.3, 0.4) is 0 Å². The SMILES string of the molecule is NC(N)=NC(N)=Nc1cc(S(=O)(=O)C(F)(F)F)cc(Br)c1O. The number of hydrogen-bond acceptors (Lipinski definition) is 4. The molecule has 0 unspecified atom stereocenters.